The van der Waals surface area contributed by atoms with Crippen molar-refractivity contribution in [2.45, 2.75) is 89.8 Å². The molecule has 2 fully saturated rings. The summed E-state index contributed by atoms with van der Waals surface area (Å²) in [6.45, 7) is 5.98. The first-order chi connectivity index (χ1) is 9.54. The van der Waals surface area contributed by atoms with Crippen molar-refractivity contribution in [3.63, 3.8) is 0 Å². The minimum absolute atomic E-state index is 0.0311. The zero-order valence-electron chi connectivity index (χ0n) is 13.1. The summed E-state index contributed by atoms with van der Waals surface area (Å²) in [6.07, 6.45) is 8.04. The van der Waals surface area contributed by atoms with Crippen LogP contribution in [-0.4, -0.2) is 34.3 Å². The molecule has 20 heavy (non-hydrogen) atoms. The highest BCUT2D eigenvalue weighted by molar-refractivity contribution is 5.99. The minimum Gasteiger partial charge on any atom is -0.342 e. The molecule has 1 heterocycles. The quantitative estimate of drug-likeness (QED) is 0.860. The van der Waals surface area contributed by atoms with E-state index >= 15 is 0 Å². The fraction of sp³-hybridized carbons (Fsp3) is 0.875. The molecular formula is C16H28N2O2. The summed E-state index contributed by atoms with van der Waals surface area (Å²) in [5.74, 6) is 0.173. The first-order valence-corrected chi connectivity index (χ1v) is 8.18. The van der Waals surface area contributed by atoms with Gasteiger partial charge in [0.25, 0.3) is 0 Å². The van der Waals surface area contributed by atoms with Crippen LogP contribution in [0.4, 0.5) is 0 Å². The predicted octanol–water partition coefficient (Wildman–Crippen LogP) is 2.61. The molecule has 0 aromatic carbocycles. The van der Waals surface area contributed by atoms with Crippen LogP contribution in [0.2, 0.25) is 0 Å². The van der Waals surface area contributed by atoms with E-state index in [1.165, 1.54) is 19.3 Å². The van der Waals surface area contributed by atoms with E-state index in [9.17, 15) is 9.59 Å². The van der Waals surface area contributed by atoms with Crippen molar-refractivity contribution in [3.05, 3.63) is 0 Å². The second-order valence-electron chi connectivity index (χ2n) is 6.44. The van der Waals surface area contributed by atoms with Crippen LogP contribution in [0.3, 0.4) is 0 Å². The Morgan fingerprint density at radius 2 is 1.85 bits per heavy atom. The summed E-state index contributed by atoms with van der Waals surface area (Å²) in [4.78, 5) is 27.3. The maximum Gasteiger partial charge on any atom is 0.246 e. The molecular weight excluding hydrogens is 252 g/mol. The van der Waals surface area contributed by atoms with Gasteiger partial charge in [0, 0.05) is 6.04 Å². The number of carbonyl (C=O) groups excluding carboxylic acids is 2. The number of nitrogens with one attached hydrogen (secondary N) is 1. The van der Waals surface area contributed by atoms with Crippen LogP contribution < -0.4 is 5.32 Å². The van der Waals surface area contributed by atoms with E-state index in [1.807, 2.05) is 18.7 Å². The van der Waals surface area contributed by atoms with Gasteiger partial charge in [0.2, 0.25) is 11.8 Å². The fourth-order valence-corrected chi connectivity index (χ4v) is 3.63. The molecule has 1 N–H and O–H groups in total. The number of rotatable bonds is 4. The van der Waals surface area contributed by atoms with Crippen LogP contribution in [0.25, 0.3) is 0 Å². The molecule has 0 bridgehead atoms. The van der Waals surface area contributed by atoms with Crippen LogP contribution in [-0.2, 0) is 9.59 Å². The number of carbonyl (C=O) groups is 2. The summed E-state index contributed by atoms with van der Waals surface area (Å²) < 4.78 is 0. The summed E-state index contributed by atoms with van der Waals surface area (Å²) in [6, 6.07) is -0.0549. The summed E-state index contributed by atoms with van der Waals surface area (Å²) >= 11 is 0. The molecule has 0 spiro atoms. The molecule has 114 valence electrons. The average Bonchev–Trinajstić information content (AvgIpc) is 2.46. The third kappa shape index (κ3) is 2.57. The zero-order chi connectivity index (χ0) is 14.8. The minimum atomic E-state index is -0.663. The number of hydrogen-bond acceptors (Lipinski definition) is 2. The molecule has 0 radical (unpaired) electrons. The summed E-state index contributed by atoms with van der Waals surface area (Å²) in [5, 5.41) is 2.95. The van der Waals surface area contributed by atoms with Crippen LogP contribution in [0, 0.1) is 0 Å². The second kappa shape index (κ2) is 6.15. The van der Waals surface area contributed by atoms with Gasteiger partial charge in [-0.1, -0.05) is 39.5 Å². The SMILES string of the molecule is CCCC1NC(=O)C(C)(CC)N(C2CCCCC2)C1=O. The molecule has 0 aromatic rings. The van der Waals surface area contributed by atoms with Crippen molar-refractivity contribution >= 4 is 11.8 Å². The van der Waals surface area contributed by atoms with Gasteiger partial charge in [0.1, 0.15) is 11.6 Å². The lowest BCUT2D eigenvalue weighted by Crippen LogP contribution is -2.71. The summed E-state index contributed by atoms with van der Waals surface area (Å²) in [5.41, 5.74) is -0.663. The van der Waals surface area contributed by atoms with E-state index < -0.39 is 5.54 Å². The fourth-order valence-electron chi connectivity index (χ4n) is 3.63. The van der Waals surface area contributed by atoms with Crippen molar-refractivity contribution in [3.8, 4) is 0 Å². The topological polar surface area (TPSA) is 49.4 Å². The molecule has 2 amide bonds. The van der Waals surface area contributed by atoms with Gasteiger partial charge in [0.05, 0.1) is 0 Å². The first-order valence-electron chi connectivity index (χ1n) is 8.18. The molecule has 4 heteroatoms. The van der Waals surface area contributed by atoms with Gasteiger partial charge >= 0.3 is 0 Å². The van der Waals surface area contributed by atoms with E-state index in [4.69, 9.17) is 0 Å². The number of amides is 2. The Balaban J connectivity index is 2.28. The Labute approximate surface area is 122 Å². The highest BCUT2D eigenvalue weighted by Gasteiger charge is 2.50. The monoisotopic (exact) mass is 280 g/mol. The molecule has 2 rings (SSSR count). The first kappa shape index (κ1) is 15.3. The predicted molar refractivity (Wildman–Crippen MR) is 79.3 cm³/mol. The van der Waals surface area contributed by atoms with Gasteiger partial charge in [-0.3, -0.25) is 9.59 Å². The van der Waals surface area contributed by atoms with Crippen molar-refractivity contribution in [2.24, 2.45) is 0 Å². The molecule has 2 atom stereocenters. The highest BCUT2D eigenvalue weighted by Crippen LogP contribution is 2.34. The van der Waals surface area contributed by atoms with E-state index in [0.717, 1.165) is 25.7 Å². The van der Waals surface area contributed by atoms with Gasteiger partial charge in [-0.05, 0) is 32.6 Å². The van der Waals surface area contributed by atoms with E-state index in [0.29, 0.717) is 6.42 Å². The molecule has 0 aromatic heterocycles. The van der Waals surface area contributed by atoms with Crippen LogP contribution in [0.15, 0.2) is 0 Å². The van der Waals surface area contributed by atoms with Crippen molar-refractivity contribution < 1.29 is 9.59 Å². The molecule has 1 aliphatic heterocycles. The van der Waals surface area contributed by atoms with E-state index in [1.54, 1.807) is 0 Å². The molecule has 1 saturated carbocycles. The highest BCUT2D eigenvalue weighted by atomic mass is 16.2. The van der Waals surface area contributed by atoms with Crippen LogP contribution >= 0.6 is 0 Å². The van der Waals surface area contributed by atoms with Crippen LogP contribution in [0.1, 0.15) is 72.1 Å². The average molecular weight is 280 g/mol. The van der Waals surface area contributed by atoms with Crippen molar-refractivity contribution in [2.75, 3.05) is 0 Å². The number of piperazine rings is 1. The largest absolute Gasteiger partial charge is 0.342 e. The van der Waals surface area contributed by atoms with Crippen molar-refractivity contribution in [1.82, 2.24) is 10.2 Å². The van der Waals surface area contributed by atoms with E-state index in [-0.39, 0.29) is 23.9 Å². The van der Waals surface area contributed by atoms with Gasteiger partial charge in [-0.15, -0.1) is 0 Å². The maximum absolute atomic E-state index is 12.8. The molecule has 1 saturated heterocycles. The normalized spacial score (nSPS) is 32.4. The lowest BCUT2D eigenvalue weighted by atomic mass is 9.84. The Kier molecular flexibility index (Phi) is 4.71. The van der Waals surface area contributed by atoms with Gasteiger partial charge in [-0.25, -0.2) is 0 Å². The third-order valence-corrected chi connectivity index (χ3v) is 5.07. The molecule has 2 aliphatic rings. The molecule has 4 nitrogen and oxygen atoms in total. The van der Waals surface area contributed by atoms with Crippen LogP contribution in [0.5, 0.6) is 0 Å². The number of hydrogen-bond donors (Lipinski definition) is 1. The van der Waals surface area contributed by atoms with Crippen molar-refractivity contribution in [1.29, 1.82) is 0 Å². The zero-order valence-corrected chi connectivity index (χ0v) is 13.1. The lowest BCUT2D eigenvalue weighted by molar-refractivity contribution is -0.161. The van der Waals surface area contributed by atoms with Gasteiger partial charge in [-0.2, -0.15) is 0 Å². The van der Waals surface area contributed by atoms with Gasteiger partial charge in [0.15, 0.2) is 0 Å². The molecule has 2 unspecified atom stereocenters. The number of nitrogens with zero attached hydrogens (tertiary/aromatic N) is 1. The molecule has 1 aliphatic carbocycles. The maximum atomic E-state index is 12.8. The second-order valence-corrected chi connectivity index (χ2v) is 6.44. The van der Waals surface area contributed by atoms with E-state index in [2.05, 4.69) is 12.2 Å². The van der Waals surface area contributed by atoms with Gasteiger partial charge < -0.3 is 10.2 Å². The Hall–Kier alpha value is -1.06. The standard InChI is InChI=1S/C16H28N2O2/c1-4-9-13-14(19)18(12-10-7-6-8-11-12)16(3,5-2)15(20)17-13/h12-13H,4-11H2,1-3H3,(H,17,20). The summed E-state index contributed by atoms with van der Waals surface area (Å²) in [7, 11) is 0. The third-order valence-electron chi connectivity index (χ3n) is 5.07. The Bertz CT molecular complexity index is 377. The Morgan fingerprint density at radius 1 is 1.20 bits per heavy atom. The lowest BCUT2D eigenvalue weighted by Gasteiger charge is -2.50. The smallest absolute Gasteiger partial charge is 0.246 e. The Morgan fingerprint density at radius 3 is 2.40 bits per heavy atom.